The smallest absolute Gasteiger partial charge is 0.270 e. The van der Waals surface area contributed by atoms with Gasteiger partial charge in [-0.05, 0) is 68.6 Å². The van der Waals surface area contributed by atoms with Crippen molar-refractivity contribution in [1.82, 2.24) is 19.8 Å². The summed E-state index contributed by atoms with van der Waals surface area (Å²) in [6, 6.07) is 9.85. The molecule has 1 N–H and O–H groups in total. The summed E-state index contributed by atoms with van der Waals surface area (Å²) in [5, 5.41) is 3.71. The molecule has 0 aliphatic carbocycles. The molecule has 8 heteroatoms. The summed E-state index contributed by atoms with van der Waals surface area (Å²) in [5.41, 5.74) is 1.11. The number of aromatic nitrogens is 2. The van der Waals surface area contributed by atoms with Gasteiger partial charge in [0.05, 0.1) is 18.5 Å². The van der Waals surface area contributed by atoms with E-state index in [1.807, 2.05) is 18.4 Å². The van der Waals surface area contributed by atoms with Crippen molar-refractivity contribution in [2.75, 3.05) is 25.9 Å². The highest BCUT2D eigenvalue weighted by Gasteiger charge is 2.27. The Morgan fingerprint density at radius 1 is 1.28 bits per heavy atom. The first-order valence-electron chi connectivity index (χ1n) is 9.60. The number of hydrogen-bond acceptors (Lipinski definition) is 5. The Hall–Kier alpha value is -2.58. The van der Waals surface area contributed by atoms with E-state index >= 15 is 0 Å². The number of furan rings is 1. The van der Waals surface area contributed by atoms with Crippen molar-refractivity contribution in [1.29, 1.82) is 0 Å². The molecule has 0 spiro atoms. The lowest BCUT2D eigenvalue weighted by atomic mass is 10.2. The number of nitrogens with zero attached hydrogens (tertiary/aromatic N) is 3. The molecule has 1 aliphatic rings. The Bertz CT molecular complexity index is 950. The van der Waals surface area contributed by atoms with Gasteiger partial charge in [-0.15, -0.1) is 0 Å². The van der Waals surface area contributed by atoms with E-state index in [2.05, 4.69) is 15.2 Å². The van der Waals surface area contributed by atoms with Crippen LogP contribution in [0.5, 0.6) is 0 Å². The zero-order valence-electron chi connectivity index (χ0n) is 16.2. The van der Waals surface area contributed by atoms with Crippen LogP contribution in [0.15, 0.2) is 58.4 Å². The second-order valence-corrected chi connectivity index (χ2v) is 7.70. The van der Waals surface area contributed by atoms with E-state index in [4.69, 9.17) is 4.42 Å². The van der Waals surface area contributed by atoms with Gasteiger partial charge in [-0.3, -0.25) is 14.3 Å². The minimum absolute atomic E-state index is 0.00124. The molecule has 3 heterocycles. The zero-order chi connectivity index (χ0) is 20.2. The van der Waals surface area contributed by atoms with Gasteiger partial charge in [0.15, 0.2) is 5.16 Å². The molecule has 29 heavy (non-hydrogen) atoms. The highest BCUT2D eigenvalue weighted by Crippen LogP contribution is 2.26. The SMILES string of the molecule is CSc1ncc(C(=O)NCC(c2ccco2)N2CCCC2)n1-c1ccc(F)cc1. The molecule has 1 amide bonds. The standard InChI is InChI=1S/C21H23FN4O2S/c1-29-21-24-14-18(26(21)16-8-6-15(22)7-9-16)20(27)23-13-17(19-5-4-12-28-19)25-10-2-3-11-25/h4-9,12,14,17H,2-3,10-11,13H2,1H3,(H,23,27). The summed E-state index contributed by atoms with van der Waals surface area (Å²) in [5.74, 6) is 0.305. The number of amides is 1. The van der Waals surface area contributed by atoms with Crippen LogP contribution in [0.4, 0.5) is 4.39 Å². The minimum Gasteiger partial charge on any atom is -0.468 e. The quantitative estimate of drug-likeness (QED) is 0.594. The number of hydrogen-bond donors (Lipinski definition) is 1. The van der Waals surface area contributed by atoms with Gasteiger partial charge in [0, 0.05) is 12.2 Å². The second kappa shape index (κ2) is 8.84. The number of likely N-dealkylation sites (tertiary alicyclic amines) is 1. The van der Waals surface area contributed by atoms with Crippen LogP contribution in [0, 0.1) is 5.82 Å². The zero-order valence-corrected chi connectivity index (χ0v) is 17.0. The Labute approximate surface area is 173 Å². The number of benzene rings is 1. The number of imidazole rings is 1. The van der Waals surface area contributed by atoms with E-state index < -0.39 is 0 Å². The summed E-state index contributed by atoms with van der Waals surface area (Å²) in [4.78, 5) is 19.7. The van der Waals surface area contributed by atoms with Gasteiger partial charge < -0.3 is 9.73 Å². The lowest BCUT2D eigenvalue weighted by Gasteiger charge is -2.26. The molecule has 1 atom stereocenters. The second-order valence-electron chi connectivity index (χ2n) is 6.93. The third kappa shape index (κ3) is 4.23. The molecule has 152 valence electrons. The molecule has 6 nitrogen and oxygen atoms in total. The van der Waals surface area contributed by atoms with E-state index in [0.29, 0.717) is 23.1 Å². The topological polar surface area (TPSA) is 63.3 Å². The van der Waals surface area contributed by atoms with Crippen LogP contribution in [0.3, 0.4) is 0 Å². The number of carbonyl (C=O) groups excluding carboxylic acids is 1. The van der Waals surface area contributed by atoms with Crippen molar-refractivity contribution in [2.45, 2.75) is 24.0 Å². The van der Waals surface area contributed by atoms with Crippen molar-refractivity contribution in [2.24, 2.45) is 0 Å². The van der Waals surface area contributed by atoms with Crippen LogP contribution in [0.25, 0.3) is 5.69 Å². The van der Waals surface area contributed by atoms with E-state index in [1.54, 1.807) is 29.2 Å². The van der Waals surface area contributed by atoms with E-state index in [9.17, 15) is 9.18 Å². The van der Waals surface area contributed by atoms with E-state index in [1.165, 1.54) is 23.9 Å². The van der Waals surface area contributed by atoms with Crippen molar-refractivity contribution < 1.29 is 13.6 Å². The van der Waals surface area contributed by atoms with Crippen LogP contribution in [-0.4, -0.2) is 46.2 Å². The van der Waals surface area contributed by atoms with Gasteiger partial charge in [0.25, 0.3) is 5.91 Å². The average molecular weight is 415 g/mol. The maximum Gasteiger partial charge on any atom is 0.270 e. The molecule has 0 saturated carbocycles. The molecule has 2 aromatic heterocycles. The fourth-order valence-corrected chi connectivity index (χ4v) is 4.25. The Balaban J connectivity index is 1.55. The van der Waals surface area contributed by atoms with E-state index in [-0.39, 0.29) is 17.8 Å². The van der Waals surface area contributed by atoms with Gasteiger partial charge in [0.2, 0.25) is 0 Å². The normalized spacial score (nSPS) is 15.5. The summed E-state index contributed by atoms with van der Waals surface area (Å²) in [6.45, 7) is 2.42. The predicted molar refractivity (Wildman–Crippen MR) is 110 cm³/mol. The van der Waals surface area contributed by atoms with Gasteiger partial charge in [-0.2, -0.15) is 0 Å². The molecule has 1 aliphatic heterocycles. The highest BCUT2D eigenvalue weighted by molar-refractivity contribution is 7.98. The molecular formula is C21H23FN4O2S. The summed E-state index contributed by atoms with van der Waals surface area (Å²) < 4.78 is 20.7. The van der Waals surface area contributed by atoms with Crippen LogP contribution < -0.4 is 5.32 Å². The number of halogens is 1. The first-order chi connectivity index (χ1) is 14.2. The fraction of sp³-hybridized carbons (Fsp3) is 0.333. The van der Waals surface area contributed by atoms with Crippen LogP contribution in [-0.2, 0) is 0 Å². The molecule has 1 fully saturated rings. The Morgan fingerprint density at radius 3 is 2.69 bits per heavy atom. The highest BCUT2D eigenvalue weighted by atomic mass is 32.2. The largest absolute Gasteiger partial charge is 0.468 e. The lowest BCUT2D eigenvalue weighted by Crippen LogP contribution is -2.37. The van der Waals surface area contributed by atoms with Crippen molar-refractivity contribution in [3.05, 3.63) is 66.1 Å². The minimum atomic E-state index is -0.322. The van der Waals surface area contributed by atoms with Crippen molar-refractivity contribution >= 4 is 17.7 Å². The number of nitrogens with one attached hydrogen (secondary N) is 1. The number of thioether (sulfide) groups is 1. The van der Waals surface area contributed by atoms with Gasteiger partial charge >= 0.3 is 0 Å². The van der Waals surface area contributed by atoms with Crippen LogP contribution in [0.2, 0.25) is 0 Å². The summed E-state index contributed by atoms with van der Waals surface area (Å²) in [6.07, 6.45) is 7.42. The first kappa shape index (κ1) is 19.7. The van der Waals surface area contributed by atoms with Gasteiger partial charge in [-0.25, -0.2) is 9.37 Å². The molecular weight excluding hydrogens is 391 g/mol. The Kier molecular flexibility index (Phi) is 6.01. The summed E-state index contributed by atoms with van der Waals surface area (Å²) in [7, 11) is 0. The predicted octanol–water partition coefficient (Wildman–Crippen LogP) is 3.89. The van der Waals surface area contributed by atoms with Crippen molar-refractivity contribution in [3.63, 3.8) is 0 Å². The third-order valence-corrected chi connectivity index (χ3v) is 5.79. The fourth-order valence-electron chi connectivity index (χ4n) is 3.70. The first-order valence-corrected chi connectivity index (χ1v) is 10.8. The number of rotatable bonds is 7. The van der Waals surface area contributed by atoms with Crippen LogP contribution in [0.1, 0.15) is 35.1 Å². The van der Waals surface area contributed by atoms with E-state index in [0.717, 1.165) is 31.7 Å². The molecule has 1 aromatic carbocycles. The lowest BCUT2D eigenvalue weighted by molar-refractivity contribution is 0.0926. The van der Waals surface area contributed by atoms with Crippen molar-refractivity contribution in [3.8, 4) is 5.69 Å². The van der Waals surface area contributed by atoms with Gasteiger partial charge in [0.1, 0.15) is 17.3 Å². The summed E-state index contributed by atoms with van der Waals surface area (Å²) >= 11 is 1.43. The Morgan fingerprint density at radius 2 is 2.03 bits per heavy atom. The molecule has 0 bridgehead atoms. The average Bonchev–Trinajstić information content (AvgIpc) is 3.50. The molecule has 3 aromatic rings. The molecule has 0 radical (unpaired) electrons. The number of carbonyl (C=O) groups is 1. The molecule has 4 rings (SSSR count). The molecule has 1 unspecified atom stereocenters. The third-order valence-electron chi connectivity index (χ3n) is 5.14. The van der Waals surface area contributed by atoms with Gasteiger partial charge in [-0.1, -0.05) is 11.8 Å². The maximum atomic E-state index is 13.3. The van der Waals surface area contributed by atoms with Crippen LogP contribution >= 0.6 is 11.8 Å². The molecule has 1 saturated heterocycles. The monoisotopic (exact) mass is 414 g/mol. The maximum absolute atomic E-state index is 13.3.